The predicted molar refractivity (Wildman–Crippen MR) is 62.2 cm³/mol. The number of rotatable bonds is 5. The van der Waals surface area contributed by atoms with Gasteiger partial charge in [-0.05, 0) is 31.6 Å². The van der Waals surface area contributed by atoms with E-state index >= 15 is 0 Å². The highest BCUT2D eigenvalue weighted by atomic mass is 16.5. The molecule has 2 saturated heterocycles. The van der Waals surface area contributed by atoms with Crippen LogP contribution in [0.25, 0.3) is 0 Å². The number of amides is 1. The van der Waals surface area contributed by atoms with Gasteiger partial charge in [-0.15, -0.1) is 0 Å². The van der Waals surface area contributed by atoms with E-state index in [0.29, 0.717) is 37.6 Å². The third-order valence-electron chi connectivity index (χ3n) is 3.67. The molecule has 4 heteroatoms. The Morgan fingerprint density at radius 3 is 2.69 bits per heavy atom. The van der Waals surface area contributed by atoms with Crippen LogP contribution in [0.5, 0.6) is 0 Å². The molecule has 2 heterocycles. The molecule has 1 amide bonds. The average Bonchev–Trinajstić information content (AvgIpc) is 2.58. The van der Waals surface area contributed by atoms with Gasteiger partial charge >= 0.3 is 0 Å². The number of nitrogens with one attached hydrogen (secondary N) is 2. The van der Waals surface area contributed by atoms with Gasteiger partial charge in [0.1, 0.15) is 0 Å². The number of carbonyl (C=O) groups excluding carboxylic acids is 1. The quantitative estimate of drug-likeness (QED) is 0.677. The lowest BCUT2D eigenvalue weighted by Crippen LogP contribution is -2.40. The van der Waals surface area contributed by atoms with Gasteiger partial charge in [0.05, 0.1) is 6.61 Å². The van der Waals surface area contributed by atoms with Crippen LogP contribution in [0.4, 0.5) is 0 Å². The number of piperidine rings is 1. The second-order valence-electron chi connectivity index (χ2n) is 5.02. The van der Waals surface area contributed by atoms with Crippen LogP contribution in [0.15, 0.2) is 0 Å². The van der Waals surface area contributed by atoms with E-state index in [0.717, 1.165) is 0 Å². The van der Waals surface area contributed by atoms with E-state index in [1.54, 1.807) is 7.11 Å². The Hall–Kier alpha value is -0.610. The summed E-state index contributed by atoms with van der Waals surface area (Å²) >= 11 is 0. The van der Waals surface area contributed by atoms with Crippen molar-refractivity contribution in [3.8, 4) is 0 Å². The first kappa shape index (κ1) is 11.9. The third kappa shape index (κ3) is 3.19. The van der Waals surface area contributed by atoms with Gasteiger partial charge in [0, 0.05) is 32.2 Å². The summed E-state index contributed by atoms with van der Waals surface area (Å²) in [5.74, 6) is 0.768. The second-order valence-corrected chi connectivity index (χ2v) is 5.02. The molecule has 0 saturated carbocycles. The van der Waals surface area contributed by atoms with Gasteiger partial charge in [0.2, 0.25) is 5.91 Å². The van der Waals surface area contributed by atoms with E-state index in [1.807, 2.05) is 0 Å². The summed E-state index contributed by atoms with van der Waals surface area (Å²) < 4.78 is 4.90. The molecule has 2 N–H and O–H groups in total. The lowest BCUT2D eigenvalue weighted by Gasteiger charge is -2.28. The molecule has 2 fully saturated rings. The molecule has 0 radical (unpaired) electrons. The minimum Gasteiger partial charge on any atom is -0.383 e. The molecule has 0 aromatic heterocycles. The summed E-state index contributed by atoms with van der Waals surface area (Å²) in [6.45, 7) is 1.23. The van der Waals surface area contributed by atoms with Crippen LogP contribution in [-0.4, -0.2) is 38.3 Å². The van der Waals surface area contributed by atoms with Gasteiger partial charge < -0.3 is 15.4 Å². The summed E-state index contributed by atoms with van der Waals surface area (Å²) in [7, 11) is 1.65. The highest BCUT2D eigenvalue weighted by molar-refractivity contribution is 5.76. The molecule has 2 unspecified atom stereocenters. The maximum atomic E-state index is 11.6. The Morgan fingerprint density at radius 2 is 2.06 bits per heavy atom. The standard InChI is InChI=1S/C12H22N2O2/c1-16-5-4-13-12(15)8-9-6-10-2-3-11(7-9)14-10/h9-11,14H,2-8H2,1H3,(H,13,15). The first-order valence-electron chi connectivity index (χ1n) is 6.29. The molecule has 0 aromatic carbocycles. The van der Waals surface area contributed by atoms with Crippen LogP contribution >= 0.6 is 0 Å². The number of hydrogen-bond acceptors (Lipinski definition) is 3. The normalized spacial score (nSPS) is 32.7. The Balaban J connectivity index is 1.67. The Morgan fingerprint density at radius 1 is 1.38 bits per heavy atom. The van der Waals surface area contributed by atoms with Crippen LogP contribution in [0.2, 0.25) is 0 Å². The number of hydrogen-bond donors (Lipinski definition) is 2. The fourth-order valence-electron chi connectivity index (χ4n) is 2.97. The zero-order chi connectivity index (χ0) is 11.4. The summed E-state index contributed by atoms with van der Waals surface area (Å²) in [5, 5.41) is 6.49. The fourth-order valence-corrected chi connectivity index (χ4v) is 2.97. The lowest BCUT2D eigenvalue weighted by atomic mass is 9.89. The van der Waals surface area contributed by atoms with Gasteiger partial charge in [0.15, 0.2) is 0 Å². The van der Waals surface area contributed by atoms with Crippen LogP contribution in [-0.2, 0) is 9.53 Å². The summed E-state index contributed by atoms with van der Waals surface area (Å²) in [6.07, 6.45) is 5.64. The van der Waals surface area contributed by atoms with E-state index in [2.05, 4.69) is 10.6 Å². The van der Waals surface area contributed by atoms with Crippen molar-refractivity contribution in [2.24, 2.45) is 5.92 Å². The molecule has 0 aliphatic carbocycles. The molecule has 0 aromatic rings. The molecule has 92 valence electrons. The predicted octanol–water partition coefficient (Wildman–Crippen LogP) is 0.670. The number of methoxy groups -OCH3 is 1. The zero-order valence-electron chi connectivity index (χ0n) is 10.00. The maximum Gasteiger partial charge on any atom is 0.220 e. The summed E-state index contributed by atoms with van der Waals surface area (Å²) in [4.78, 5) is 11.6. The van der Waals surface area contributed by atoms with Crippen LogP contribution < -0.4 is 10.6 Å². The topological polar surface area (TPSA) is 50.4 Å². The van der Waals surface area contributed by atoms with E-state index in [1.165, 1.54) is 25.7 Å². The minimum atomic E-state index is 0.184. The van der Waals surface area contributed by atoms with Crippen LogP contribution in [0.1, 0.15) is 32.1 Å². The lowest BCUT2D eigenvalue weighted by molar-refractivity contribution is -0.122. The maximum absolute atomic E-state index is 11.6. The first-order chi connectivity index (χ1) is 7.78. The van der Waals surface area contributed by atoms with Gasteiger partial charge in [-0.3, -0.25) is 4.79 Å². The molecule has 2 atom stereocenters. The minimum absolute atomic E-state index is 0.184. The molecule has 4 nitrogen and oxygen atoms in total. The van der Waals surface area contributed by atoms with Gasteiger partial charge in [0.25, 0.3) is 0 Å². The van der Waals surface area contributed by atoms with Crippen molar-refractivity contribution in [2.75, 3.05) is 20.3 Å². The number of fused-ring (bicyclic) bond motifs is 2. The van der Waals surface area contributed by atoms with Crippen molar-refractivity contribution in [1.29, 1.82) is 0 Å². The smallest absolute Gasteiger partial charge is 0.220 e. The van der Waals surface area contributed by atoms with Crippen molar-refractivity contribution in [3.63, 3.8) is 0 Å². The summed E-state index contributed by atoms with van der Waals surface area (Å²) in [5.41, 5.74) is 0. The van der Waals surface area contributed by atoms with E-state index in [-0.39, 0.29) is 5.91 Å². The molecule has 16 heavy (non-hydrogen) atoms. The highest BCUT2D eigenvalue weighted by Gasteiger charge is 2.33. The van der Waals surface area contributed by atoms with E-state index in [4.69, 9.17) is 4.74 Å². The van der Waals surface area contributed by atoms with Crippen molar-refractivity contribution in [1.82, 2.24) is 10.6 Å². The fraction of sp³-hybridized carbons (Fsp3) is 0.917. The Bertz CT molecular complexity index is 233. The molecular weight excluding hydrogens is 204 g/mol. The third-order valence-corrected chi connectivity index (χ3v) is 3.67. The Kier molecular flexibility index (Phi) is 4.18. The molecular formula is C12H22N2O2. The summed E-state index contributed by atoms with van der Waals surface area (Å²) in [6, 6.07) is 1.35. The average molecular weight is 226 g/mol. The van der Waals surface area contributed by atoms with Gasteiger partial charge in [-0.25, -0.2) is 0 Å². The second kappa shape index (κ2) is 5.64. The largest absolute Gasteiger partial charge is 0.383 e. The van der Waals surface area contributed by atoms with E-state index in [9.17, 15) is 4.79 Å². The van der Waals surface area contributed by atoms with Crippen LogP contribution in [0.3, 0.4) is 0 Å². The van der Waals surface area contributed by atoms with Crippen molar-refractivity contribution >= 4 is 5.91 Å². The molecule has 2 bridgehead atoms. The van der Waals surface area contributed by atoms with Crippen molar-refractivity contribution < 1.29 is 9.53 Å². The zero-order valence-corrected chi connectivity index (χ0v) is 10.00. The molecule has 2 aliphatic rings. The number of ether oxygens (including phenoxy) is 1. The number of carbonyl (C=O) groups is 1. The van der Waals surface area contributed by atoms with Crippen molar-refractivity contribution in [2.45, 2.75) is 44.2 Å². The monoisotopic (exact) mass is 226 g/mol. The van der Waals surface area contributed by atoms with Gasteiger partial charge in [-0.2, -0.15) is 0 Å². The molecule has 0 spiro atoms. The van der Waals surface area contributed by atoms with Crippen LogP contribution in [0, 0.1) is 5.92 Å². The highest BCUT2D eigenvalue weighted by Crippen LogP contribution is 2.32. The first-order valence-corrected chi connectivity index (χ1v) is 6.29. The van der Waals surface area contributed by atoms with E-state index < -0.39 is 0 Å². The molecule has 2 rings (SSSR count). The SMILES string of the molecule is COCCNC(=O)CC1CC2CCC(C1)N2. The molecule has 2 aliphatic heterocycles. The van der Waals surface area contributed by atoms with Gasteiger partial charge in [-0.1, -0.05) is 0 Å². The van der Waals surface area contributed by atoms with Crippen molar-refractivity contribution in [3.05, 3.63) is 0 Å². The Labute approximate surface area is 97.1 Å².